The molecule has 7 nitrogen and oxygen atoms in total. The van der Waals surface area contributed by atoms with Crippen LogP contribution in [0, 0.1) is 28.9 Å². The lowest BCUT2D eigenvalue weighted by molar-refractivity contribution is -0.151. The zero-order chi connectivity index (χ0) is 16.3. The number of aliphatic carboxylic acids is 1. The summed E-state index contributed by atoms with van der Waals surface area (Å²) in [5, 5.41) is 28.8. The number of carbonyl (C=O) groups excluding carboxylic acids is 1. The van der Waals surface area contributed by atoms with Crippen LogP contribution in [-0.2, 0) is 14.3 Å². The number of carboxylic acid groups (broad SMARTS) is 1. The molecule has 2 saturated carbocycles. The van der Waals surface area contributed by atoms with Crippen molar-refractivity contribution in [1.29, 1.82) is 0 Å². The first kappa shape index (κ1) is 14.8. The van der Waals surface area contributed by atoms with E-state index in [9.17, 15) is 19.9 Å². The van der Waals surface area contributed by atoms with Gasteiger partial charge in [-0.05, 0) is 36.6 Å². The zero-order valence-corrected chi connectivity index (χ0v) is 12.7. The summed E-state index contributed by atoms with van der Waals surface area (Å²) < 4.78 is 5.45. The summed E-state index contributed by atoms with van der Waals surface area (Å²) in [5.41, 5.74) is 0.123. The number of thioether (sulfide) groups is 1. The Balaban J connectivity index is 1.58. The number of hydrogen-bond acceptors (Lipinski definition) is 7. The summed E-state index contributed by atoms with van der Waals surface area (Å²) in [7, 11) is 0. The number of esters is 1. The fourth-order valence-corrected chi connectivity index (χ4v) is 5.75. The Morgan fingerprint density at radius 2 is 2.00 bits per heavy atom. The van der Waals surface area contributed by atoms with Gasteiger partial charge in [0.25, 0.3) is 0 Å². The Morgan fingerprint density at radius 3 is 2.61 bits per heavy atom. The normalized spacial score (nSPS) is 37.0. The van der Waals surface area contributed by atoms with E-state index < -0.39 is 17.8 Å². The van der Waals surface area contributed by atoms with Crippen LogP contribution in [0.2, 0.25) is 0 Å². The molecule has 1 heterocycles. The molecule has 8 heteroatoms. The maximum absolute atomic E-state index is 12.0. The predicted molar refractivity (Wildman–Crippen MR) is 79.8 cm³/mol. The molecule has 23 heavy (non-hydrogen) atoms. The molecule has 0 aromatic heterocycles. The molecule has 2 bridgehead atoms. The monoisotopic (exact) mass is 336 g/mol. The van der Waals surface area contributed by atoms with Crippen LogP contribution < -0.4 is 5.23 Å². The van der Waals surface area contributed by atoms with Crippen molar-refractivity contribution in [2.24, 2.45) is 23.7 Å². The summed E-state index contributed by atoms with van der Waals surface area (Å²) in [6.07, 6.45) is 0.477. The van der Waals surface area contributed by atoms with Crippen LogP contribution >= 0.6 is 11.8 Å². The fourth-order valence-electron chi connectivity index (χ4n) is 4.29. The van der Waals surface area contributed by atoms with E-state index in [1.807, 2.05) is 0 Å². The molecule has 6 atom stereocenters. The minimum absolute atomic E-state index is 0.0000478. The highest BCUT2D eigenvalue weighted by Crippen LogP contribution is 2.61. The molecular formula is C15H14NO6S-. The summed E-state index contributed by atoms with van der Waals surface area (Å²) in [6, 6.07) is 6.36. The van der Waals surface area contributed by atoms with Crippen molar-refractivity contribution in [2.45, 2.75) is 22.7 Å². The van der Waals surface area contributed by atoms with E-state index in [0.717, 1.165) is 4.90 Å². The van der Waals surface area contributed by atoms with Gasteiger partial charge in [0.2, 0.25) is 0 Å². The Kier molecular flexibility index (Phi) is 3.29. The summed E-state index contributed by atoms with van der Waals surface area (Å²) in [4.78, 5) is 24.4. The SMILES string of the molecule is O=C(O)[C@@H]1[C@H]2C[C@@H]3[C@@H](OC(=O)[C@@H]31)[C@H]2Sc1ccc(N([O-])O)cc1. The Morgan fingerprint density at radius 1 is 1.30 bits per heavy atom. The van der Waals surface area contributed by atoms with Gasteiger partial charge in [-0.3, -0.25) is 14.8 Å². The Bertz CT molecular complexity index is 662. The van der Waals surface area contributed by atoms with E-state index in [4.69, 9.17) is 9.94 Å². The average molecular weight is 336 g/mol. The van der Waals surface area contributed by atoms with Gasteiger partial charge in [-0.1, -0.05) is 0 Å². The zero-order valence-electron chi connectivity index (χ0n) is 11.9. The van der Waals surface area contributed by atoms with Crippen LogP contribution in [0.1, 0.15) is 6.42 Å². The molecule has 2 aliphatic carbocycles. The van der Waals surface area contributed by atoms with Crippen molar-refractivity contribution < 1.29 is 24.6 Å². The number of anilines is 1. The highest BCUT2D eigenvalue weighted by molar-refractivity contribution is 8.00. The first-order valence-electron chi connectivity index (χ1n) is 7.33. The molecule has 0 radical (unpaired) electrons. The second-order valence-corrected chi connectivity index (χ2v) is 7.46. The first-order valence-corrected chi connectivity index (χ1v) is 8.21. The van der Waals surface area contributed by atoms with Gasteiger partial charge in [0.15, 0.2) is 0 Å². The molecule has 122 valence electrons. The Hall–Kier alpha value is -1.77. The number of rotatable bonds is 4. The molecule has 0 amide bonds. The molecule has 0 unspecified atom stereocenters. The number of carbonyl (C=O) groups is 2. The van der Waals surface area contributed by atoms with Crippen molar-refractivity contribution in [1.82, 2.24) is 0 Å². The number of hydrogen-bond donors (Lipinski definition) is 2. The van der Waals surface area contributed by atoms with E-state index in [1.54, 1.807) is 12.1 Å². The Labute approximate surface area is 135 Å². The molecule has 4 rings (SSSR count). The minimum atomic E-state index is -0.928. The van der Waals surface area contributed by atoms with E-state index in [1.165, 1.54) is 23.9 Å². The molecule has 1 aliphatic heterocycles. The third-order valence-electron chi connectivity index (χ3n) is 5.16. The van der Waals surface area contributed by atoms with Gasteiger partial charge in [0.05, 0.1) is 22.8 Å². The largest absolute Gasteiger partial charge is 0.733 e. The maximum Gasteiger partial charge on any atom is 0.310 e. The topological polar surface area (TPSA) is 110 Å². The minimum Gasteiger partial charge on any atom is -0.733 e. The smallest absolute Gasteiger partial charge is 0.310 e. The summed E-state index contributed by atoms with van der Waals surface area (Å²) >= 11 is 1.47. The van der Waals surface area contributed by atoms with Crippen molar-refractivity contribution >= 4 is 29.4 Å². The average Bonchev–Trinajstić information content (AvgIpc) is 3.11. The second-order valence-electron chi connectivity index (χ2n) is 6.20. The van der Waals surface area contributed by atoms with E-state index in [-0.39, 0.29) is 40.1 Å². The molecule has 0 spiro atoms. The van der Waals surface area contributed by atoms with Crippen LogP contribution in [0.4, 0.5) is 5.69 Å². The second kappa shape index (κ2) is 5.12. The summed E-state index contributed by atoms with van der Waals surface area (Å²) in [6.45, 7) is 0. The highest BCUT2D eigenvalue weighted by atomic mass is 32.2. The standard InChI is InChI=1S/C15H14NO6S/c17-14(18)10-9-5-8-11(10)15(19)22-12(8)13(9)23-7-3-1-6(2-4-7)16(20)21/h1-4,8-13,20H,5H2,(H,17,18)/q-1/t8-,9+,10+,11-,12+,13-/m0/s1. The quantitative estimate of drug-likeness (QED) is 0.632. The molecule has 3 fully saturated rings. The molecule has 1 aromatic carbocycles. The number of nitrogens with zero attached hydrogens (tertiary/aromatic N) is 1. The lowest BCUT2D eigenvalue weighted by Gasteiger charge is -2.29. The van der Waals surface area contributed by atoms with Gasteiger partial charge in [0.1, 0.15) is 6.10 Å². The van der Waals surface area contributed by atoms with Gasteiger partial charge >= 0.3 is 11.9 Å². The van der Waals surface area contributed by atoms with Crippen molar-refractivity contribution in [3.05, 3.63) is 29.5 Å². The van der Waals surface area contributed by atoms with Gasteiger partial charge in [-0.15, -0.1) is 11.8 Å². The summed E-state index contributed by atoms with van der Waals surface area (Å²) in [5.74, 6) is -2.56. The lowest BCUT2D eigenvalue weighted by Crippen LogP contribution is -2.39. The molecule has 2 N–H and O–H groups in total. The van der Waals surface area contributed by atoms with Crippen LogP contribution in [0.3, 0.4) is 0 Å². The van der Waals surface area contributed by atoms with Gasteiger partial charge in [-0.25, -0.2) is 0 Å². The van der Waals surface area contributed by atoms with Crippen LogP contribution in [0.25, 0.3) is 0 Å². The number of benzene rings is 1. The van der Waals surface area contributed by atoms with Crippen molar-refractivity contribution in [2.75, 3.05) is 5.23 Å². The van der Waals surface area contributed by atoms with E-state index in [2.05, 4.69) is 0 Å². The number of ether oxygens (including phenoxy) is 1. The maximum atomic E-state index is 12.0. The van der Waals surface area contributed by atoms with Crippen LogP contribution in [0.15, 0.2) is 29.2 Å². The molecular weight excluding hydrogens is 322 g/mol. The predicted octanol–water partition coefficient (Wildman–Crippen LogP) is 1.73. The van der Waals surface area contributed by atoms with E-state index >= 15 is 0 Å². The van der Waals surface area contributed by atoms with Crippen molar-refractivity contribution in [3.63, 3.8) is 0 Å². The van der Waals surface area contributed by atoms with E-state index in [0.29, 0.717) is 6.42 Å². The third kappa shape index (κ3) is 2.13. The number of carboxylic acids is 1. The van der Waals surface area contributed by atoms with Gasteiger partial charge in [0, 0.05) is 10.8 Å². The number of fused-ring (bicyclic) bond motifs is 1. The lowest BCUT2D eigenvalue weighted by atomic mass is 9.80. The van der Waals surface area contributed by atoms with Crippen LogP contribution in [0.5, 0.6) is 0 Å². The molecule has 3 aliphatic rings. The first-order chi connectivity index (χ1) is 11.0. The van der Waals surface area contributed by atoms with Gasteiger partial charge in [-0.2, -0.15) is 0 Å². The molecule has 1 aromatic rings. The van der Waals surface area contributed by atoms with Gasteiger partial charge < -0.3 is 20.3 Å². The highest BCUT2D eigenvalue weighted by Gasteiger charge is 2.68. The fraction of sp³-hybridized carbons (Fsp3) is 0.467. The molecule has 1 saturated heterocycles. The van der Waals surface area contributed by atoms with Crippen LogP contribution in [-0.4, -0.2) is 33.6 Å². The van der Waals surface area contributed by atoms with Crippen molar-refractivity contribution in [3.8, 4) is 0 Å². The third-order valence-corrected chi connectivity index (χ3v) is 6.60.